The van der Waals surface area contributed by atoms with Gasteiger partial charge < -0.3 is 19.9 Å². The molecule has 132 valence electrons. The van der Waals surface area contributed by atoms with Crippen molar-refractivity contribution in [2.45, 2.75) is 44.6 Å². The van der Waals surface area contributed by atoms with Crippen LogP contribution in [-0.2, 0) is 4.79 Å². The van der Waals surface area contributed by atoms with Crippen molar-refractivity contribution in [3.05, 3.63) is 23.8 Å². The average Bonchev–Trinajstić information content (AvgIpc) is 2.61. The number of ether oxygens (including phenoxy) is 2. The van der Waals surface area contributed by atoms with E-state index < -0.39 is 17.9 Å². The zero-order chi connectivity index (χ0) is 17.5. The van der Waals surface area contributed by atoms with Crippen molar-refractivity contribution in [3.8, 4) is 11.5 Å². The molecule has 1 amide bonds. The normalized spacial score (nSPS) is 16.2. The van der Waals surface area contributed by atoms with E-state index in [9.17, 15) is 14.7 Å². The predicted octanol–water partition coefficient (Wildman–Crippen LogP) is 2.86. The maximum absolute atomic E-state index is 12.5. The zero-order valence-corrected chi connectivity index (χ0v) is 14.2. The van der Waals surface area contributed by atoms with Crippen LogP contribution in [0.1, 0.15) is 48.9 Å². The summed E-state index contributed by atoms with van der Waals surface area (Å²) in [6.07, 6.45) is 6.03. The molecule has 6 heteroatoms. The molecule has 0 saturated heterocycles. The monoisotopic (exact) mass is 335 g/mol. The van der Waals surface area contributed by atoms with Gasteiger partial charge >= 0.3 is 5.97 Å². The fourth-order valence-corrected chi connectivity index (χ4v) is 3.16. The molecular weight excluding hydrogens is 310 g/mol. The lowest BCUT2D eigenvalue weighted by molar-refractivity contribution is -0.139. The Kier molecular flexibility index (Phi) is 6.46. The van der Waals surface area contributed by atoms with Crippen LogP contribution in [-0.4, -0.2) is 37.2 Å². The third kappa shape index (κ3) is 4.88. The van der Waals surface area contributed by atoms with Crippen LogP contribution in [0, 0.1) is 5.92 Å². The largest absolute Gasteiger partial charge is 0.497 e. The van der Waals surface area contributed by atoms with Gasteiger partial charge in [0, 0.05) is 11.6 Å². The summed E-state index contributed by atoms with van der Waals surface area (Å²) in [6, 6.07) is 3.92. The Balaban J connectivity index is 2.08. The van der Waals surface area contributed by atoms with E-state index in [4.69, 9.17) is 9.47 Å². The molecule has 24 heavy (non-hydrogen) atoms. The molecule has 1 aliphatic rings. The van der Waals surface area contributed by atoms with Crippen LogP contribution >= 0.6 is 0 Å². The lowest BCUT2D eigenvalue weighted by Gasteiger charge is -2.25. The molecule has 0 radical (unpaired) electrons. The fraction of sp³-hybridized carbons (Fsp3) is 0.556. The van der Waals surface area contributed by atoms with Crippen molar-refractivity contribution < 1.29 is 24.2 Å². The van der Waals surface area contributed by atoms with Crippen LogP contribution in [0.2, 0.25) is 0 Å². The van der Waals surface area contributed by atoms with Crippen LogP contribution in [0.25, 0.3) is 0 Å². The maximum atomic E-state index is 12.5. The first-order chi connectivity index (χ1) is 11.5. The van der Waals surface area contributed by atoms with Crippen molar-refractivity contribution in [2.75, 3.05) is 14.2 Å². The standard InChI is InChI=1S/C18H25NO5/c1-23-14-9-13(10-15(11-14)24-2)17(20)19-16(18(21)22)8-12-6-4-3-5-7-12/h9-12,16H,3-8H2,1-2H3,(H,19,20)(H,21,22)/t16-/m0/s1. The van der Waals surface area contributed by atoms with Crippen molar-refractivity contribution in [1.82, 2.24) is 5.32 Å². The highest BCUT2D eigenvalue weighted by molar-refractivity contribution is 5.97. The Morgan fingerprint density at radius 3 is 2.21 bits per heavy atom. The molecule has 6 nitrogen and oxygen atoms in total. The summed E-state index contributed by atoms with van der Waals surface area (Å²) < 4.78 is 10.3. The van der Waals surface area contributed by atoms with Crippen molar-refractivity contribution >= 4 is 11.9 Å². The molecule has 2 rings (SSSR count). The quantitative estimate of drug-likeness (QED) is 0.800. The van der Waals surface area contributed by atoms with Gasteiger partial charge in [0.2, 0.25) is 0 Å². The van der Waals surface area contributed by atoms with E-state index >= 15 is 0 Å². The summed E-state index contributed by atoms with van der Waals surface area (Å²) in [5.41, 5.74) is 0.320. The topological polar surface area (TPSA) is 84.9 Å². The molecule has 0 bridgehead atoms. The number of methoxy groups -OCH3 is 2. The first-order valence-electron chi connectivity index (χ1n) is 8.30. The van der Waals surface area contributed by atoms with E-state index in [1.54, 1.807) is 18.2 Å². The molecule has 1 atom stereocenters. The van der Waals surface area contributed by atoms with Gasteiger partial charge in [-0.25, -0.2) is 4.79 Å². The molecule has 1 saturated carbocycles. The predicted molar refractivity (Wildman–Crippen MR) is 89.6 cm³/mol. The molecule has 1 aliphatic carbocycles. The number of hydrogen-bond acceptors (Lipinski definition) is 4. The number of aliphatic carboxylic acids is 1. The second kappa shape index (κ2) is 8.57. The lowest BCUT2D eigenvalue weighted by Crippen LogP contribution is -2.42. The van der Waals surface area contributed by atoms with E-state index in [0.29, 0.717) is 29.4 Å². The molecule has 0 aliphatic heterocycles. The number of nitrogens with one attached hydrogen (secondary N) is 1. The van der Waals surface area contributed by atoms with Crippen molar-refractivity contribution in [3.63, 3.8) is 0 Å². The van der Waals surface area contributed by atoms with Gasteiger partial charge in [-0.3, -0.25) is 4.79 Å². The van der Waals surface area contributed by atoms with Crippen molar-refractivity contribution in [2.24, 2.45) is 5.92 Å². The lowest BCUT2D eigenvalue weighted by atomic mass is 9.85. The highest BCUT2D eigenvalue weighted by Crippen LogP contribution is 2.28. The van der Waals surface area contributed by atoms with Gasteiger partial charge in [-0.15, -0.1) is 0 Å². The summed E-state index contributed by atoms with van der Waals surface area (Å²) in [5.74, 6) is -0.100. The minimum atomic E-state index is -0.996. The first-order valence-corrected chi connectivity index (χ1v) is 8.30. The second-order valence-electron chi connectivity index (χ2n) is 6.21. The SMILES string of the molecule is COc1cc(OC)cc(C(=O)N[C@@H](CC2CCCCC2)C(=O)O)c1. The third-order valence-electron chi connectivity index (χ3n) is 4.51. The number of carbonyl (C=O) groups excluding carboxylic acids is 1. The first kappa shape index (κ1) is 18.1. The Morgan fingerprint density at radius 2 is 1.71 bits per heavy atom. The van der Waals surface area contributed by atoms with E-state index in [1.165, 1.54) is 20.6 Å². The maximum Gasteiger partial charge on any atom is 0.326 e. The fourth-order valence-electron chi connectivity index (χ4n) is 3.16. The highest BCUT2D eigenvalue weighted by atomic mass is 16.5. The Labute approximate surface area is 142 Å². The van der Waals surface area contributed by atoms with E-state index in [0.717, 1.165) is 25.7 Å². The molecular formula is C18H25NO5. The average molecular weight is 335 g/mol. The molecule has 1 fully saturated rings. The van der Waals surface area contributed by atoms with Crippen LogP contribution in [0.15, 0.2) is 18.2 Å². The van der Waals surface area contributed by atoms with Gasteiger partial charge in [-0.05, 0) is 24.5 Å². The van der Waals surface area contributed by atoms with Gasteiger partial charge in [0.1, 0.15) is 17.5 Å². The Bertz CT molecular complexity index is 559. The van der Waals surface area contributed by atoms with Crippen LogP contribution in [0.3, 0.4) is 0 Å². The van der Waals surface area contributed by atoms with Gasteiger partial charge in [0.25, 0.3) is 5.91 Å². The molecule has 0 spiro atoms. The van der Waals surface area contributed by atoms with Crippen LogP contribution < -0.4 is 14.8 Å². The second-order valence-corrected chi connectivity index (χ2v) is 6.21. The van der Waals surface area contributed by atoms with Crippen LogP contribution in [0.4, 0.5) is 0 Å². The summed E-state index contributed by atoms with van der Waals surface area (Å²) in [5, 5.41) is 12.1. The van der Waals surface area contributed by atoms with Crippen molar-refractivity contribution in [1.29, 1.82) is 0 Å². The minimum Gasteiger partial charge on any atom is -0.497 e. The van der Waals surface area contributed by atoms with Gasteiger partial charge in [0.05, 0.1) is 14.2 Å². The summed E-state index contributed by atoms with van der Waals surface area (Å²) in [7, 11) is 3.00. The summed E-state index contributed by atoms with van der Waals surface area (Å²) >= 11 is 0. The number of benzene rings is 1. The van der Waals surface area contributed by atoms with Crippen LogP contribution in [0.5, 0.6) is 11.5 Å². The molecule has 1 aromatic carbocycles. The summed E-state index contributed by atoms with van der Waals surface area (Å²) in [4.78, 5) is 24.0. The molecule has 1 aromatic rings. The number of hydrogen-bond donors (Lipinski definition) is 2. The van der Waals surface area contributed by atoms with Gasteiger partial charge in [-0.1, -0.05) is 32.1 Å². The number of amides is 1. The number of rotatable bonds is 7. The van der Waals surface area contributed by atoms with Gasteiger partial charge in [-0.2, -0.15) is 0 Å². The summed E-state index contributed by atoms with van der Waals surface area (Å²) in [6.45, 7) is 0. The molecule has 0 heterocycles. The zero-order valence-electron chi connectivity index (χ0n) is 14.2. The highest BCUT2D eigenvalue weighted by Gasteiger charge is 2.26. The van der Waals surface area contributed by atoms with E-state index in [-0.39, 0.29) is 0 Å². The Morgan fingerprint density at radius 1 is 1.12 bits per heavy atom. The third-order valence-corrected chi connectivity index (χ3v) is 4.51. The Hall–Kier alpha value is -2.24. The molecule has 0 unspecified atom stereocenters. The number of carboxylic acids is 1. The molecule has 2 N–H and O–H groups in total. The van der Waals surface area contributed by atoms with Gasteiger partial charge in [0.15, 0.2) is 0 Å². The minimum absolute atomic E-state index is 0.320. The smallest absolute Gasteiger partial charge is 0.326 e. The number of carbonyl (C=O) groups is 2. The number of carboxylic acid groups (broad SMARTS) is 1. The molecule has 0 aromatic heterocycles. The van der Waals surface area contributed by atoms with E-state index in [1.807, 2.05) is 0 Å². The van der Waals surface area contributed by atoms with E-state index in [2.05, 4.69) is 5.32 Å².